The molecule has 24 heavy (non-hydrogen) atoms. The summed E-state index contributed by atoms with van der Waals surface area (Å²) in [5.74, 6) is -1.15. The first-order valence-electron chi connectivity index (χ1n) is 8.40. The number of alkyl halides is 4. The van der Waals surface area contributed by atoms with Crippen molar-refractivity contribution in [3.8, 4) is 5.75 Å². The molecule has 0 bridgehead atoms. The summed E-state index contributed by atoms with van der Waals surface area (Å²) in [5, 5.41) is 0. The molecule has 0 aliphatic heterocycles. The van der Waals surface area contributed by atoms with E-state index >= 15 is 0 Å². The molecular weight excluding hydrogens is 435 g/mol. The second-order valence-electron chi connectivity index (χ2n) is 6.45. The fourth-order valence-corrected chi connectivity index (χ4v) is 4.16. The van der Waals surface area contributed by atoms with Gasteiger partial charge in [-0.05, 0) is 75.5 Å². The highest BCUT2D eigenvalue weighted by molar-refractivity contribution is 14.1. The predicted octanol–water partition coefficient (Wildman–Crippen LogP) is 6.48. The van der Waals surface area contributed by atoms with E-state index in [-0.39, 0.29) is 24.3 Å². The number of halogens is 5. The molecule has 1 aromatic rings. The monoisotopic (exact) mass is 458 g/mol. The van der Waals surface area contributed by atoms with Crippen LogP contribution in [0, 0.1) is 18.7 Å². The molecule has 0 amide bonds. The van der Waals surface area contributed by atoms with Crippen LogP contribution in [0.5, 0.6) is 5.75 Å². The van der Waals surface area contributed by atoms with Gasteiger partial charge < -0.3 is 4.74 Å². The van der Waals surface area contributed by atoms with E-state index in [2.05, 4.69) is 22.6 Å². The molecule has 1 fully saturated rings. The van der Waals surface area contributed by atoms with Crippen molar-refractivity contribution in [1.82, 2.24) is 0 Å². The third-order valence-corrected chi connectivity index (χ3v) is 5.97. The van der Waals surface area contributed by atoms with E-state index in [0.717, 1.165) is 25.7 Å². The Morgan fingerprint density at radius 3 is 2.38 bits per heavy atom. The summed E-state index contributed by atoms with van der Waals surface area (Å²) < 4.78 is 60.4. The van der Waals surface area contributed by atoms with Crippen molar-refractivity contribution < 1.29 is 22.3 Å². The van der Waals surface area contributed by atoms with Crippen LogP contribution in [0.1, 0.15) is 55.7 Å². The number of hydrogen-bond acceptors (Lipinski definition) is 1. The number of rotatable bonds is 5. The molecule has 6 heteroatoms. The molecule has 0 heterocycles. The van der Waals surface area contributed by atoms with Gasteiger partial charge in [-0.15, -0.1) is 0 Å². The van der Waals surface area contributed by atoms with Gasteiger partial charge in [-0.3, -0.25) is 0 Å². The first kappa shape index (κ1) is 19.8. The predicted molar refractivity (Wildman–Crippen MR) is 95.4 cm³/mol. The minimum Gasteiger partial charge on any atom is -0.491 e. The van der Waals surface area contributed by atoms with Gasteiger partial charge in [0.15, 0.2) is 11.6 Å². The number of benzene rings is 1. The van der Waals surface area contributed by atoms with E-state index in [1.807, 2.05) is 0 Å². The molecule has 1 aliphatic rings. The highest BCUT2D eigenvalue weighted by Gasteiger charge is 2.39. The molecule has 0 aromatic heterocycles. The summed E-state index contributed by atoms with van der Waals surface area (Å²) >= 11 is 2.43. The zero-order valence-electron chi connectivity index (χ0n) is 14.0. The lowest BCUT2D eigenvalue weighted by molar-refractivity contribution is -0.140. The van der Waals surface area contributed by atoms with Crippen molar-refractivity contribution in [2.45, 2.75) is 62.5 Å². The van der Waals surface area contributed by atoms with Crippen LogP contribution in [-0.4, -0.2) is 10.5 Å². The molecule has 0 atom stereocenters. The van der Waals surface area contributed by atoms with Crippen molar-refractivity contribution in [2.24, 2.45) is 5.92 Å². The van der Waals surface area contributed by atoms with Gasteiger partial charge in [-0.25, -0.2) is 4.39 Å². The van der Waals surface area contributed by atoms with Crippen molar-refractivity contribution in [2.75, 3.05) is 6.61 Å². The Labute approximate surface area is 154 Å². The van der Waals surface area contributed by atoms with Crippen LogP contribution in [0.3, 0.4) is 0 Å². The molecule has 0 N–H and O–H groups in total. The number of hydrogen-bond donors (Lipinski definition) is 0. The van der Waals surface area contributed by atoms with Crippen molar-refractivity contribution in [1.29, 1.82) is 0 Å². The smallest absolute Gasteiger partial charge is 0.419 e. The zero-order valence-corrected chi connectivity index (χ0v) is 16.1. The van der Waals surface area contributed by atoms with Gasteiger partial charge in [0.2, 0.25) is 0 Å². The Kier molecular flexibility index (Phi) is 6.79. The summed E-state index contributed by atoms with van der Waals surface area (Å²) in [6, 6.07) is 1.39. The highest BCUT2D eigenvalue weighted by Crippen LogP contribution is 2.41. The topological polar surface area (TPSA) is 9.23 Å². The maximum Gasteiger partial charge on any atom is 0.419 e. The molecular formula is C18H23F4IO. The Hall–Kier alpha value is -0.530. The lowest BCUT2D eigenvalue weighted by Crippen LogP contribution is -2.18. The van der Waals surface area contributed by atoms with Gasteiger partial charge in [-0.2, -0.15) is 13.2 Å². The van der Waals surface area contributed by atoms with Crippen molar-refractivity contribution in [3.05, 3.63) is 28.6 Å². The number of ether oxygens (including phenoxy) is 1. The lowest BCUT2D eigenvalue weighted by Gasteiger charge is -2.26. The third kappa shape index (κ3) is 4.76. The van der Waals surface area contributed by atoms with Gasteiger partial charge in [0.25, 0.3) is 0 Å². The molecule has 0 radical (unpaired) electrons. The second kappa shape index (κ2) is 8.23. The molecule has 1 aromatic carbocycles. The first-order chi connectivity index (χ1) is 11.2. The average Bonchev–Trinajstić information content (AvgIpc) is 2.49. The van der Waals surface area contributed by atoms with Crippen LogP contribution in [0.15, 0.2) is 6.07 Å². The van der Waals surface area contributed by atoms with Gasteiger partial charge in [0.1, 0.15) is 0 Å². The fourth-order valence-electron chi connectivity index (χ4n) is 3.44. The molecule has 1 saturated carbocycles. The molecule has 2 rings (SSSR count). The summed E-state index contributed by atoms with van der Waals surface area (Å²) in [6.07, 6.45) is 0.571. The normalized spacial score (nSPS) is 21.8. The minimum absolute atomic E-state index is 0.0834. The SMILES string of the molecule is CCOc1cc(C)c(CCC2CCC(I)CC2)c(C(F)(F)F)c1F. The maximum absolute atomic E-state index is 14.4. The summed E-state index contributed by atoms with van der Waals surface area (Å²) in [4.78, 5) is 0. The maximum atomic E-state index is 14.4. The Morgan fingerprint density at radius 2 is 1.83 bits per heavy atom. The van der Waals surface area contributed by atoms with Gasteiger partial charge >= 0.3 is 6.18 Å². The van der Waals surface area contributed by atoms with Crippen LogP contribution in [0.4, 0.5) is 17.6 Å². The van der Waals surface area contributed by atoms with Crippen LogP contribution in [-0.2, 0) is 12.6 Å². The molecule has 136 valence electrons. The van der Waals surface area contributed by atoms with Crippen LogP contribution >= 0.6 is 22.6 Å². The zero-order chi connectivity index (χ0) is 17.9. The standard InChI is InChI=1S/C18H23F4IO/c1-3-24-15-10-11(2)14(16(17(15)19)18(20,21)22)9-6-12-4-7-13(23)8-5-12/h10,12-13H,3-9H2,1-2H3. The summed E-state index contributed by atoms with van der Waals surface area (Å²) in [5.41, 5.74) is -0.608. The Bertz CT molecular complexity index is 563. The van der Waals surface area contributed by atoms with E-state index in [0.29, 0.717) is 21.8 Å². The molecule has 0 saturated heterocycles. The molecule has 1 aliphatic carbocycles. The second-order valence-corrected chi connectivity index (χ2v) is 8.21. The summed E-state index contributed by atoms with van der Waals surface area (Å²) in [6.45, 7) is 3.36. The summed E-state index contributed by atoms with van der Waals surface area (Å²) in [7, 11) is 0. The Balaban J connectivity index is 2.26. The molecule has 1 nitrogen and oxygen atoms in total. The van der Waals surface area contributed by atoms with Crippen LogP contribution in [0.25, 0.3) is 0 Å². The fraction of sp³-hybridized carbons (Fsp3) is 0.667. The van der Waals surface area contributed by atoms with Crippen molar-refractivity contribution >= 4 is 22.6 Å². The van der Waals surface area contributed by atoms with Gasteiger partial charge in [0, 0.05) is 3.92 Å². The van der Waals surface area contributed by atoms with Crippen LogP contribution < -0.4 is 4.74 Å². The van der Waals surface area contributed by atoms with E-state index in [1.54, 1.807) is 13.8 Å². The van der Waals surface area contributed by atoms with E-state index in [9.17, 15) is 17.6 Å². The lowest BCUT2D eigenvalue weighted by atomic mass is 9.84. The minimum atomic E-state index is -4.71. The highest BCUT2D eigenvalue weighted by atomic mass is 127. The first-order valence-corrected chi connectivity index (χ1v) is 9.64. The van der Waals surface area contributed by atoms with E-state index in [4.69, 9.17) is 4.74 Å². The van der Waals surface area contributed by atoms with Gasteiger partial charge in [0.05, 0.1) is 12.2 Å². The Morgan fingerprint density at radius 1 is 1.21 bits per heavy atom. The van der Waals surface area contributed by atoms with E-state index < -0.39 is 17.6 Å². The van der Waals surface area contributed by atoms with Gasteiger partial charge in [-0.1, -0.05) is 22.6 Å². The van der Waals surface area contributed by atoms with Crippen LogP contribution in [0.2, 0.25) is 0 Å². The number of aryl methyl sites for hydroxylation is 1. The largest absolute Gasteiger partial charge is 0.491 e. The third-order valence-electron chi connectivity index (χ3n) is 4.72. The quantitative estimate of drug-likeness (QED) is 0.279. The molecule has 0 spiro atoms. The van der Waals surface area contributed by atoms with Crippen molar-refractivity contribution in [3.63, 3.8) is 0 Å². The average molecular weight is 458 g/mol. The van der Waals surface area contributed by atoms with E-state index in [1.165, 1.54) is 6.07 Å². The molecule has 0 unspecified atom stereocenters.